The Hall–Kier alpha value is -3.27. The maximum absolute atomic E-state index is 12.7. The van der Waals surface area contributed by atoms with Crippen molar-refractivity contribution in [3.8, 4) is 11.5 Å². The lowest BCUT2D eigenvalue weighted by atomic mass is 10.2. The second kappa shape index (κ2) is 10.3. The third-order valence-electron chi connectivity index (χ3n) is 3.99. The fourth-order valence-corrected chi connectivity index (χ4v) is 2.42. The lowest BCUT2D eigenvalue weighted by Gasteiger charge is -2.12. The topological polar surface area (TPSA) is 121 Å². The SMILES string of the molecule is COC(=N)/C(=C\NCCN(C)C)C(=O)Nc1cccc(-c2nncn2C(C)C)n1. The molecule has 0 aromatic carbocycles. The summed E-state index contributed by atoms with van der Waals surface area (Å²) < 4.78 is 6.83. The minimum Gasteiger partial charge on any atom is -0.481 e. The molecule has 0 bridgehead atoms. The Labute approximate surface area is 170 Å². The normalized spacial score (nSPS) is 11.6. The number of nitrogens with one attached hydrogen (secondary N) is 3. The van der Waals surface area contributed by atoms with Crippen molar-refractivity contribution in [2.24, 2.45) is 0 Å². The monoisotopic (exact) mass is 400 g/mol. The van der Waals surface area contributed by atoms with E-state index in [0.29, 0.717) is 23.9 Å². The molecule has 156 valence electrons. The van der Waals surface area contributed by atoms with Gasteiger partial charge in [-0.15, -0.1) is 10.2 Å². The molecule has 0 unspecified atom stereocenters. The molecule has 0 saturated heterocycles. The molecule has 29 heavy (non-hydrogen) atoms. The van der Waals surface area contributed by atoms with E-state index in [1.54, 1.807) is 24.5 Å². The van der Waals surface area contributed by atoms with Gasteiger partial charge in [0, 0.05) is 25.3 Å². The van der Waals surface area contributed by atoms with Crippen LogP contribution in [0.2, 0.25) is 0 Å². The van der Waals surface area contributed by atoms with Crippen LogP contribution in [0.15, 0.2) is 36.3 Å². The second-order valence-corrected chi connectivity index (χ2v) is 6.87. The number of methoxy groups -OCH3 is 1. The molecule has 0 radical (unpaired) electrons. The van der Waals surface area contributed by atoms with E-state index in [1.165, 1.54) is 13.3 Å². The standard InChI is InChI=1S/C19H28N8O2/c1-13(2)27-12-22-25-18(27)15-7-6-8-16(23-15)24-19(28)14(17(20)29-5)11-21-9-10-26(3)4/h6-8,11-13,20-21H,9-10H2,1-5H3,(H,23,24,28)/b14-11+,20-17?. The highest BCUT2D eigenvalue weighted by Crippen LogP contribution is 2.20. The summed E-state index contributed by atoms with van der Waals surface area (Å²) in [5.74, 6) is 0.218. The van der Waals surface area contributed by atoms with Gasteiger partial charge in [0.15, 0.2) is 5.82 Å². The van der Waals surface area contributed by atoms with E-state index in [-0.39, 0.29) is 17.5 Å². The zero-order valence-corrected chi connectivity index (χ0v) is 17.4. The summed E-state index contributed by atoms with van der Waals surface area (Å²) in [7, 11) is 5.25. The largest absolute Gasteiger partial charge is 0.481 e. The van der Waals surface area contributed by atoms with Crippen molar-refractivity contribution in [2.75, 3.05) is 39.6 Å². The Morgan fingerprint density at radius 3 is 2.79 bits per heavy atom. The average Bonchev–Trinajstić information content (AvgIpc) is 3.17. The fraction of sp³-hybridized carbons (Fsp3) is 0.421. The van der Waals surface area contributed by atoms with Gasteiger partial charge >= 0.3 is 0 Å². The van der Waals surface area contributed by atoms with Crippen LogP contribution in [0, 0.1) is 5.41 Å². The van der Waals surface area contributed by atoms with E-state index in [9.17, 15) is 4.79 Å². The summed E-state index contributed by atoms with van der Waals surface area (Å²) in [6, 6.07) is 5.42. The molecule has 0 aliphatic carbocycles. The quantitative estimate of drug-likeness (QED) is 0.252. The number of pyridine rings is 1. The van der Waals surface area contributed by atoms with Gasteiger partial charge in [-0.1, -0.05) is 6.07 Å². The van der Waals surface area contributed by atoms with Crippen LogP contribution in [0.1, 0.15) is 19.9 Å². The van der Waals surface area contributed by atoms with Crippen LogP contribution >= 0.6 is 0 Å². The van der Waals surface area contributed by atoms with Crippen LogP contribution in [0.25, 0.3) is 11.5 Å². The number of carbonyl (C=O) groups is 1. The molecule has 0 fully saturated rings. The maximum atomic E-state index is 12.7. The van der Waals surface area contributed by atoms with Crippen LogP contribution in [-0.4, -0.2) is 70.7 Å². The molecule has 2 aromatic heterocycles. The smallest absolute Gasteiger partial charge is 0.263 e. The Balaban J connectivity index is 2.18. The molecule has 2 aromatic rings. The Kier molecular flexibility index (Phi) is 7.84. The number of carbonyl (C=O) groups excluding carboxylic acids is 1. The Morgan fingerprint density at radius 2 is 2.14 bits per heavy atom. The molecular weight excluding hydrogens is 372 g/mol. The van der Waals surface area contributed by atoms with E-state index < -0.39 is 5.91 Å². The molecular formula is C19H28N8O2. The van der Waals surface area contributed by atoms with Crippen molar-refractivity contribution < 1.29 is 9.53 Å². The van der Waals surface area contributed by atoms with Crippen LogP contribution in [0.3, 0.4) is 0 Å². The molecule has 0 atom stereocenters. The third-order valence-corrected chi connectivity index (χ3v) is 3.99. The van der Waals surface area contributed by atoms with Crippen LogP contribution in [0.5, 0.6) is 0 Å². The fourth-order valence-electron chi connectivity index (χ4n) is 2.42. The summed E-state index contributed by atoms with van der Waals surface area (Å²) in [6.07, 6.45) is 3.12. The van der Waals surface area contributed by atoms with Gasteiger partial charge in [-0.3, -0.25) is 10.2 Å². The van der Waals surface area contributed by atoms with Crippen LogP contribution < -0.4 is 10.6 Å². The van der Waals surface area contributed by atoms with Gasteiger partial charge in [0.2, 0.25) is 5.90 Å². The van der Waals surface area contributed by atoms with E-state index >= 15 is 0 Å². The number of nitrogens with zero attached hydrogens (tertiary/aromatic N) is 5. The number of aromatic nitrogens is 4. The first-order chi connectivity index (χ1) is 13.8. The summed E-state index contributed by atoms with van der Waals surface area (Å²) >= 11 is 0. The number of hydrogen-bond acceptors (Lipinski definition) is 8. The number of anilines is 1. The van der Waals surface area contributed by atoms with Gasteiger partial charge in [0.05, 0.1) is 7.11 Å². The number of rotatable bonds is 9. The van der Waals surface area contributed by atoms with Crippen LogP contribution in [0.4, 0.5) is 5.82 Å². The zero-order valence-electron chi connectivity index (χ0n) is 17.4. The molecule has 1 amide bonds. The highest BCUT2D eigenvalue weighted by atomic mass is 16.5. The van der Waals surface area contributed by atoms with Gasteiger partial charge in [0.25, 0.3) is 5.91 Å². The lowest BCUT2D eigenvalue weighted by Crippen LogP contribution is -2.27. The van der Waals surface area contributed by atoms with Crippen molar-refractivity contribution in [2.45, 2.75) is 19.9 Å². The van der Waals surface area contributed by atoms with Gasteiger partial charge < -0.3 is 24.8 Å². The molecule has 2 heterocycles. The number of ether oxygens (including phenoxy) is 1. The van der Waals surface area contributed by atoms with Crippen molar-refractivity contribution in [1.82, 2.24) is 30.0 Å². The molecule has 10 nitrogen and oxygen atoms in total. The zero-order chi connectivity index (χ0) is 21.4. The summed E-state index contributed by atoms with van der Waals surface area (Å²) in [5, 5.41) is 21.7. The Morgan fingerprint density at radius 1 is 1.38 bits per heavy atom. The number of hydrogen-bond donors (Lipinski definition) is 3. The summed E-state index contributed by atoms with van der Waals surface area (Å²) in [4.78, 5) is 19.2. The maximum Gasteiger partial charge on any atom is 0.263 e. The first-order valence-corrected chi connectivity index (χ1v) is 9.23. The highest BCUT2D eigenvalue weighted by Gasteiger charge is 2.18. The molecule has 0 aliphatic heterocycles. The molecule has 2 rings (SSSR count). The lowest BCUT2D eigenvalue weighted by molar-refractivity contribution is -0.112. The predicted octanol–water partition coefficient (Wildman–Crippen LogP) is 1.52. The van der Waals surface area contributed by atoms with E-state index in [2.05, 4.69) is 25.8 Å². The minimum atomic E-state index is -0.496. The summed E-state index contributed by atoms with van der Waals surface area (Å²) in [5.41, 5.74) is 0.661. The van der Waals surface area contributed by atoms with Gasteiger partial charge in [-0.2, -0.15) is 0 Å². The van der Waals surface area contributed by atoms with Crippen molar-refractivity contribution in [3.05, 3.63) is 36.3 Å². The number of amides is 1. The third kappa shape index (κ3) is 6.11. The first kappa shape index (κ1) is 22.0. The second-order valence-electron chi connectivity index (χ2n) is 6.87. The predicted molar refractivity (Wildman–Crippen MR) is 112 cm³/mol. The number of likely N-dealkylation sites (N-methyl/N-ethyl adjacent to an activating group) is 1. The molecule has 0 spiro atoms. The minimum absolute atomic E-state index is 0.0730. The van der Waals surface area contributed by atoms with Crippen LogP contribution in [-0.2, 0) is 9.53 Å². The first-order valence-electron chi connectivity index (χ1n) is 9.23. The molecule has 10 heteroatoms. The van der Waals surface area contributed by atoms with Gasteiger partial charge in [-0.25, -0.2) is 4.98 Å². The van der Waals surface area contributed by atoms with Crippen molar-refractivity contribution in [3.63, 3.8) is 0 Å². The molecule has 0 saturated carbocycles. The van der Waals surface area contributed by atoms with E-state index in [0.717, 1.165) is 6.54 Å². The van der Waals surface area contributed by atoms with Gasteiger partial charge in [0.1, 0.15) is 23.4 Å². The average molecular weight is 400 g/mol. The molecule has 3 N–H and O–H groups in total. The van der Waals surface area contributed by atoms with Gasteiger partial charge in [-0.05, 0) is 40.1 Å². The highest BCUT2D eigenvalue weighted by molar-refractivity contribution is 6.21. The van der Waals surface area contributed by atoms with E-state index in [4.69, 9.17) is 10.1 Å². The Bertz CT molecular complexity index is 873. The van der Waals surface area contributed by atoms with E-state index in [1.807, 2.05) is 37.4 Å². The summed E-state index contributed by atoms with van der Waals surface area (Å²) in [6.45, 7) is 5.45. The van der Waals surface area contributed by atoms with Crippen molar-refractivity contribution >= 4 is 17.6 Å². The molecule has 0 aliphatic rings. The van der Waals surface area contributed by atoms with Crippen molar-refractivity contribution in [1.29, 1.82) is 5.41 Å².